The third-order valence-corrected chi connectivity index (χ3v) is 6.16. The van der Waals surface area contributed by atoms with Crippen molar-refractivity contribution in [2.75, 3.05) is 7.11 Å². The van der Waals surface area contributed by atoms with Gasteiger partial charge in [0, 0.05) is 0 Å². The Hall–Kier alpha value is -2.49. The molecule has 1 fully saturated rings. The van der Waals surface area contributed by atoms with Crippen molar-refractivity contribution in [3.05, 3.63) is 58.7 Å². The number of phenols is 2. The highest BCUT2D eigenvalue weighted by Gasteiger charge is 2.40. The fourth-order valence-corrected chi connectivity index (χ4v) is 5.01. The van der Waals surface area contributed by atoms with E-state index in [0.29, 0.717) is 23.3 Å². The van der Waals surface area contributed by atoms with Gasteiger partial charge in [-0.05, 0) is 78.0 Å². The van der Waals surface area contributed by atoms with Crippen LogP contribution < -0.4 is 0 Å². The second-order valence-electron chi connectivity index (χ2n) is 7.51. The molecule has 2 aromatic rings. The van der Waals surface area contributed by atoms with Crippen LogP contribution in [0.4, 0.5) is 0 Å². The van der Waals surface area contributed by atoms with Gasteiger partial charge in [-0.3, -0.25) is 0 Å². The maximum atomic E-state index is 12.3. The normalized spacial score (nSPS) is 24.4. The summed E-state index contributed by atoms with van der Waals surface area (Å²) in [6.07, 6.45) is 5.38. The van der Waals surface area contributed by atoms with Crippen LogP contribution in [-0.2, 0) is 11.2 Å². The largest absolute Gasteiger partial charge is 0.508 e. The summed E-state index contributed by atoms with van der Waals surface area (Å²) in [7, 11) is 1.38. The molecule has 0 spiro atoms. The fraction of sp³-hybridized carbons (Fsp3) is 0.409. The van der Waals surface area contributed by atoms with E-state index < -0.39 is 5.97 Å². The summed E-state index contributed by atoms with van der Waals surface area (Å²) < 4.78 is 4.97. The summed E-state index contributed by atoms with van der Waals surface area (Å²) >= 11 is 0. The quantitative estimate of drug-likeness (QED) is 0.781. The average molecular weight is 352 g/mol. The van der Waals surface area contributed by atoms with Gasteiger partial charge in [0.15, 0.2) is 0 Å². The molecule has 136 valence electrons. The van der Waals surface area contributed by atoms with Crippen LogP contribution in [0.15, 0.2) is 36.4 Å². The molecule has 2 N–H and O–H groups in total. The van der Waals surface area contributed by atoms with Crippen LogP contribution in [0.3, 0.4) is 0 Å². The minimum absolute atomic E-state index is 0.136. The predicted octanol–water partition coefficient (Wildman–Crippen LogP) is 4.50. The van der Waals surface area contributed by atoms with Crippen LogP contribution in [0.2, 0.25) is 0 Å². The number of esters is 1. The Bertz CT molecular complexity index is 825. The number of carbonyl (C=O) groups excluding carboxylic acids is 1. The van der Waals surface area contributed by atoms with Crippen LogP contribution in [0.1, 0.15) is 64.6 Å². The lowest BCUT2D eigenvalue weighted by atomic mass is 9.61. The Kier molecular flexibility index (Phi) is 4.35. The number of hydrogen-bond donors (Lipinski definition) is 2. The molecule has 4 nitrogen and oxygen atoms in total. The zero-order valence-corrected chi connectivity index (χ0v) is 14.9. The monoisotopic (exact) mass is 352 g/mol. The number of rotatable bonds is 2. The van der Waals surface area contributed by atoms with E-state index in [0.717, 1.165) is 30.4 Å². The molecule has 0 saturated heterocycles. The lowest BCUT2D eigenvalue weighted by molar-refractivity contribution is 0.0597. The highest BCUT2D eigenvalue weighted by Crippen LogP contribution is 2.52. The van der Waals surface area contributed by atoms with E-state index in [1.807, 2.05) is 18.2 Å². The molecule has 0 bridgehead atoms. The molecule has 0 aliphatic heterocycles. The van der Waals surface area contributed by atoms with Crippen LogP contribution in [0, 0.1) is 5.92 Å². The third-order valence-electron chi connectivity index (χ3n) is 6.16. The number of carbonyl (C=O) groups is 1. The molecule has 4 heteroatoms. The molecule has 0 aromatic heterocycles. The van der Waals surface area contributed by atoms with Gasteiger partial charge in [0.2, 0.25) is 0 Å². The number of fused-ring (bicyclic) bond motifs is 3. The standard InChI is InChI=1S/C22H24O4/c1-26-22(25)21-11-15(24)10-19-17-5-3-2-4-16(17)18(12-20(19)21)13-6-8-14(23)9-7-13/h6-11,16-18,23-24H,2-5,12H2,1H3. The van der Waals surface area contributed by atoms with Gasteiger partial charge in [-0.2, -0.15) is 0 Å². The highest BCUT2D eigenvalue weighted by molar-refractivity contribution is 5.92. The maximum Gasteiger partial charge on any atom is 0.338 e. The Morgan fingerprint density at radius 3 is 2.46 bits per heavy atom. The van der Waals surface area contributed by atoms with Gasteiger partial charge in [0.25, 0.3) is 0 Å². The second-order valence-corrected chi connectivity index (χ2v) is 7.51. The number of benzene rings is 2. The Morgan fingerprint density at radius 1 is 1.00 bits per heavy atom. The molecule has 0 amide bonds. The molecular weight excluding hydrogens is 328 g/mol. The average Bonchev–Trinajstić information content (AvgIpc) is 2.67. The number of aromatic hydroxyl groups is 2. The van der Waals surface area contributed by atoms with Gasteiger partial charge in [-0.1, -0.05) is 25.0 Å². The Labute approximate surface area is 153 Å². The van der Waals surface area contributed by atoms with E-state index in [9.17, 15) is 15.0 Å². The van der Waals surface area contributed by atoms with Crippen LogP contribution in [0.5, 0.6) is 11.5 Å². The molecular formula is C22H24O4. The molecule has 2 aromatic carbocycles. The van der Waals surface area contributed by atoms with E-state index in [2.05, 4.69) is 0 Å². The highest BCUT2D eigenvalue weighted by atomic mass is 16.5. The van der Waals surface area contributed by atoms with E-state index in [-0.39, 0.29) is 11.5 Å². The molecule has 2 aliphatic carbocycles. The van der Waals surface area contributed by atoms with Crippen molar-refractivity contribution in [2.24, 2.45) is 5.92 Å². The first kappa shape index (κ1) is 17.0. The second kappa shape index (κ2) is 6.67. The molecule has 2 aliphatic rings. The van der Waals surface area contributed by atoms with Gasteiger partial charge >= 0.3 is 5.97 Å². The van der Waals surface area contributed by atoms with E-state index in [4.69, 9.17) is 4.74 Å². The molecule has 1 saturated carbocycles. The minimum atomic E-state index is -0.393. The van der Waals surface area contributed by atoms with Crippen molar-refractivity contribution >= 4 is 5.97 Å². The molecule has 0 heterocycles. The number of ether oxygens (including phenoxy) is 1. The van der Waals surface area contributed by atoms with Gasteiger partial charge in [0.05, 0.1) is 12.7 Å². The lowest BCUT2D eigenvalue weighted by Gasteiger charge is -2.43. The number of hydrogen-bond acceptors (Lipinski definition) is 4. The smallest absolute Gasteiger partial charge is 0.338 e. The van der Waals surface area contributed by atoms with E-state index in [1.165, 1.54) is 31.6 Å². The molecule has 3 unspecified atom stereocenters. The number of methoxy groups -OCH3 is 1. The summed E-state index contributed by atoms with van der Waals surface area (Å²) in [4.78, 5) is 12.3. The van der Waals surface area contributed by atoms with Gasteiger partial charge in [-0.15, -0.1) is 0 Å². The van der Waals surface area contributed by atoms with Crippen molar-refractivity contribution in [3.63, 3.8) is 0 Å². The lowest BCUT2D eigenvalue weighted by Crippen LogP contribution is -2.32. The van der Waals surface area contributed by atoms with E-state index >= 15 is 0 Å². The Morgan fingerprint density at radius 2 is 1.73 bits per heavy atom. The first-order valence-corrected chi connectivity index (χ1v) is 9.31. The summed E-state index contributed by atoms with van der Waals surface area (Å²) in [5, 5.41) is 19.8. The number of phenolic OH excluding ortho intramolecular Hbond substituents is 2. The zero-order chi connectivity index (χ0) is 18.3. The zero-order valence-electron chi connectivity index (χ0n) is 14.9. The van der Waals surface area contributed by atoms with Crippen LogP contribution in [0.25, 0.3) is 0 Å². The predicted molar refractivity (Wildman–Crippen MR) is 98.7 cm³/mol. The summed E-state index contributed by atoms with van der Waals surface area (Å²) in [5.41, 5.74) is 3.81. The molecule has 3 atom stereocenters. The van der Waals surface area contributed by atoms with Crippen molar-refractivity contribution in [1.29, 1.82) is 0 Å². The summed E-state index contributed by atoms with van der Waals surface area (Å²) in [6, 6.07) is 10.8. The van der Waals surface area contributed by atoms with E-state index in [1.54, 1.807) is 12.1 Å². The first-order chi connectivity index (χ1) is 12.6. The minimum Gasteiger partial charge on any atom is -0.508 e. The molecule has 0 radical (unpaired) electrons. The van der Waals surface area contributed by atoms with Gasteiger partial charge in [-0.25, -0.2) is 4.79 Å². The van der Waals surface area contributed by atoms with Crippen molar-refractivity contribution in [3.8, 4) is 11.5 Å². The van der Waals surface area contributed by atoms with Crippen molar-refractivity contribution in [2.45, 2.75) is 43.9 Å². The van der Waals surface area contributed by atoms with Crippen molar-refractivity contribution < 1.29 is 19.7 Å². The van der Waals surface area contributed by atoms with Crippen LogP contribution in [-0.4, -0.2) is 23.3 Å². The van der Waals surface area contributed by atoms with Gasteiger partial charge in [0.1, 0.15) is 11.5 Å². The van der Waals surface area contributed by atoms with Crippen LogP contribution >= 0.6 is 0 Å². The summed E-state index contributed by atoms with van der Waals surface area (Å²) in [5.74, 6) is 1.16. The fourth-order valence-electron chi connectivity index (χ4n) is 5.01. The third kappa shape index (κ3) is 2.83. The summed E-state index contributed by atoms with van der Waals surface area (Å²) in [6.45, 7) is 0. The van der Waals surface area contributed by atoms with Gasteiger partial charge < -0.3 is 14.9 Å². The Balaban J connectivity index is 1.84. The maximum absolute atomic E-state index is 12.3. The molecule has 26 heavy (non-hydrogen) atoms. The molecule has 4 rings (SSSR count). The topological polar surface area (TPSA) is 66.8 Å². The SMILES string of the molecule is COC(=O)c1cc(O)cc2c1CC(c1ccc(O)cc1)C1CCCCC21. The van der Waals surface area contributed by atoms with Crippen molar-refractivity contribution in [1.82, 2.24) is 0 Å². The first-order valence-electron chi connectivity index (χ1n) is 9.31.